The standard InChI is InChI=1S/C13H18ClNO3S/c1-11-3-5-12(6-4-11)13(16)15-8-2-10-19(17)18-9-7-14/h3-6H,2,7-10H2,1H3,(H,15,16). The maximum absolute atomic E-state index is 11.7. The highest BCUT2D eigenvalue weighted by atomic mass is 35.5. The van der Waals surface area contributed by atoms with Crippen molar-refractivity contribution >= 4 is 28.6 Å². The van der Waals surface area contributed by atoms with Gasteiger partial charge in [-0.2, -0.15) is 0 Å². The molecule has 0 bridgehead atoms. The van der Waals surface area contributed by atoms with E-state index < -0.39 is 11.1 Å². The summed E-state index contributed by atoms with van der Waals surface area (Å²) < 4.78 is 16.2. The average molecular weight is 304 g/mol. The highest BCUT2D eigenvalue weighted by Gasteiger charge is 2.05. The zero-order chi connectivity index (χ0) is 14.1. The van der Waals surface area contributed by atoms with Gasteiger partial charge in [-0.1, -0.05) is 17.7 Å². The van der Waals surface area contributed by atoms with Crippen molar-refractivity contribution in [1.29, 1.82) is 0 Å². The summed E-state index contributed by atoms with van der Waals surface area (Å²) in [6.07, 6.45) is 0.604. The van der Waals surface area contributed by atoms with Crippen molar-refractivity contribution < 1.29 is 13.2 Å². The molecule has 1 unspecified atom stereocenters. The predicted molar refractivity (Wildman–Crippen MR) is 77.8 cm³/mol. The van der Waals surface area contributed by atoms with Gasteiger partial charge < -0.3 is 5.32 Å². The van der Waals surface area contributed by atoms with Crippen molar-refractivity contribution in [3.05, 3.63) is 35.4 Å². The summed E-state index contributed by atoms with van der Waals surface area (Å²) in [7, 11) is 0. The summed E-state index contributed by atoms with van der Waals surface area (Å²) in [6, 6.07) is 7.35. The number of hydrogen-bond donors (Lipinski definition) is 1. The molecule has 1 amide bonds. The largest absolute Gasteiger partial charge is 0.352 e. The lowest BCUT2D eigenvalue weighted by Gasteiger charge is -2.05. The van der Waals surface area contributed by atoms with Crippen LogP contribution in [0.4, 0.5) is 0 Å². The molecule has 0 heterocycles. The quantitative estimate of drug-likeness (QED) is 0.590. The number of benzene rings is 1. The van der Waals surface area contributed by atoms with Crippen molar-refractivity contribution in [1.82, 2.24) is 5.32 Å². The minimum absolute atomic E-state index is 0.118. The fourth-order valence-corrected chi connectivity index (χ4v) is 2.32. The lowest BCUT2D eigenvalue weighted by atomic mass is 10.1. The summed E-state index contributed by atoms with van der Waals surface area (Å²) in [5.41, 5.74) is 1.74. The molecule has 0 saturated heterocycles. The molecule has 0 aliphatic heterocycles. The molecule has 1 N–H and O–H groups in total. The number of carbonyl (C=O) groups is 1. The van der Waals surface area contributed by atoms with Crippen molar-refractivity contribution in [2.24, 2.45) is 0 Å². The van der Waals surface area contributed by atoms with Crippen molar-refractivity contribution in [2.75, 3.05) is 24.8 Å². The second-order valence-electron chi connectivity index (χ2n) is 3.99. The van der Waals surface area contributed by atoms with Gasteiger partial charge in [0.25, 0.3) is 5.91 Å². The fraction of sp³-hybridized carbons (Fsp3) is 0.462. The monoisotopic (exact) mass is 303 g/mol. The molecule has 0 spiro atoms. The third-order valence-corrected chi connectivity index (χ3v) is 3.58. The molecule has 1 aromatic carbocycles. The van der Waals surface area contributed by atoms with E-state index in [0.717, 1.165) is 5.56 Å². The zero-order valence-electron chi connectivity index (χ0n) is 10.9. The number of alkyl halides is 1. The van der Waals surface area contributed by atoms with Gasteiger partial charge in [-0.15, -0.1) is 11.6 Å². The summed E-state index contributed by atoms with van der Waals surface area (Å²) in [5.74, 6) is 0.605. The summed E-state index contributed by atoms with van der Waals surface area (Å²) in [5, 5.41) is 2.77. The van der Waals surface area contributed by atoms with Gasteiger partial charge in [0, 0.05) is 18.0 Å². The van der Waals surface area contributed by atoms with Gasteiger partial charge in [0.15, 0.2) is 11.1 Å². The minimum atomic E-state index is -1.32. The first-order valence-electron chi connectivity index (χ1n) is 6.06. The Morgan fingerprint density at radius 2 is 2.05 bits per heavy atom. The molecule has 106 valence electrons. The van der Waals surface area contributed by atoms with E-state index in [1.807, 2.05) is 19.1 Å². The molecule has 4 nitrogen and oxygen atoms in total. The van der Waals surface area contributed by atoms with Gasteiger partial charge in [0.05, 0.1) is 12.4 Å². The molecule has 0 radical (unpaired) electrons. The predicted octanol–water partition coefficient (Wildman–Crippen LogP) is 2.03. The Balaban J connectivity index is 2.20. The molecule has 1 aromatic rings. The van der Waals surface area contributed by atoms with Gasteiger partial charge in [-0.3, -0.25) is 8.98 Å². The normalized spacial score (nSPS) is 12.1. The minimum Gasteiger partial charge on any atom is -0.352 e. The third-order valence-electron chi connectivity index (χ3n) is 2.38. The molecule has 0 aromatic heterocycles. The van der Waals surface area contributed by atoms with E-state index in [2.05, 4.69) is 5.32 Å². The Morgan fingerprint density at radius 1 is 1.37 bits per heavy atom. The van der Waals surface area contributed by atoms with Gasteiger partial charge in [-0.05, 0) is 25.5 Å². The Labute approximate surface area is 121 Å². The number of aryl methyl sites for hydroxylation is 1. The van der Waals surface area contributed by atoms with Crippen molar-refractivity contribution in [3.63, 3.8) is 0 Å². The summed E-state index contributed by atoms with van der Waals surface area (Å²) >= 11 is 4.09. The van der Waals surface area contributed by atoms with Gasteiger partial charge in [0.2, 0.25) is 0 Å². The van der Waals surface area contributed by atoms with E-state index in [-0.39, 0.29) is 12.5 Å². The van der Waals surface area contributed by atoms with Crippen LogP contribution in [0.25, 0.3) is 0 Å². The van der Waals surface area contributed by atoms with Crippen LogP contribution in [-0.2, 0) is 15.3 Å². The molecular weight excluding hydrogens is 286 g/mol. The topological polar surface area (TPSA) is 55.4 Å². The van der Waals surface area contributed by atoms with Crippen LogP contribution in [0.2, 0.25) is 0 Å². The first kappa shape index (κ1) is 16.1. The molecule has 0 saturated carbocycles. The SMILES string of the molecule is Cc1ccc(C(=O)NCCCS(=O)OCCCl)cc1. The van der Waals surface area contributed by atoms with Crippen molar-refractivity contribution in [3.8, 4) is 0 Å². The van der Waals surface area contributed by atoms with Crippen LogP contribution in [-0.4, -0.2) is 34.9 Å². The molecule has 1 rings (SSSR count). The van der Waals surface area contributed by atoms with E-state index in [1.165, 1.54) is 0 Å². The molecule has 0 aliphatic rings. The second-order valence-corrected chi connectivity index (χ2v) is 5.62. The van der Waals surface area contributed by atoms with Crippen LogP contribution in [0.3, 0.4) is 0 Å². The number of carbonyl (C=O) groups excluding carboxylic acids is 1. The highest BCUT2D eigenvalue weighted by molar-refractivity contribution is 7.80. The number of nitrogens with one attached hydrogen (secondary N) is 1. The third kappa shape index (κ3) is 6.71. The van der Waals surface area contributed by atoms with Crippen LogP contribution in [0, 0.1) is 6.92 Å². The summed E-state index contributed by atoms with van der Waals surface area (Å²) in [6.45, 7) is 2.73. The molecule has 6 heteroatoms. The molecule has 19 heavy (non-hydrogen) atoms. The molecule has 1 atom stereocenters. The van der Waals surface area contributed by atoms with E-state index in [9.17, 15) is 9.00 Å². The molecular formula is C13H18ClNO3S. The van der Waals surface area contributed by atoms with E-state index in [4.69, 9.17) is 15.8 Å². The van der Waals surface area contributed by atoms with E-state index >= 15 is 0 Å². The smallest absolute Gasteiger partial charge is 0.251 e. The average Bonchev–Trinajstić information content (AvgIpc) is 2.41. The van der Waals surface area contributed by atoms with Gasteiger partial charge in [-0.25, -0.2) is 4.21 Å². The van der Waals surface area contributed by atoms with Crippen LogP contribution in [0.1, 0.15) is 22.3 Å². The first-order chi connectivity index (χ1) is 9.13. The maximum Gasteiger partial charge on any atom is 0.251 e. The van der Waals surface area contributed by atoms with Crippen LogP contribution < -0.4 is 5.32 Å². The number of halogens is 1. The fourth-order valence-electron chi connectivity index (χ4n) is 1.38. The number of rotatable bonds is 8. The molecule has 0 fully saturated rings. The van der Waals surface area contributed by atoms with Gasteiger partial charge in [0.1, 0.15) is 0 Å². The summed E-state index contributed by atoms with van der Waals surface area (Å²) in [4.78, 5) is 11.7. The molecule has 0 aliphatic carbocycles. The Kier molecular flexibility index (Phi) is 7.70. The van der Waals surface area contributed by atoms with Crippen molar-refractivity contribution in [2.45, 2.75) is 13.3 Å². The van der Waals surface area contributed by atoms with E-state index in [1.54, 1.807) is 12.1 Å². The lowest BCUT2D eigenvalue weighted by Crippen LogP contribution is -2.25. The maximum atomic E-state index is 11.7. The number of amides is 1. The van der Waals surface area contributed by atoms with E-state index in [0.29, 0.717) is 30.2 Å². The van der Waals surface area contributed by atoms with Crippen LogP contribution in [0.15, 0.2) is 24.3 Å². The van der Waals surface area contributed by atoms with Crippen LogP contribution in [0.5, 0.6) is 0 Å². The second kappa shape index (κ2) is 9.07. The Hall–Kier alpha value is -0.910. The Bertz CT molecular complexity index is 422. The van der Waals surface area contributed by atoms with Gasteiger partial charge >= 0.3 is 0 Å². The first-order valence-corrected chi connectivity index (χ1v) is 7.84. The van der Waals surface area contributed by atoms with Crippen LogP contribution >= 0.6 is 11.6 Å². The lowest BCUT2D eigenvalue weighted by molar-refractivity contribution is 0.0953. The zero-order valence-corrected chi connectivity index (χ0v) is 12.4. The number of hydrogen-bond acceptors (Lipinski definition) is 3. The highest BCUT2D eigenvalue weighted by Crippen LogP contribution is 2.02. The Morgan fingerprint density at radius 3 is 2.68 bits per heavy atom.